The van der Waals surface area contributed by atoms with E-state index in [1.54, 1.807) is 7.11 Å². The van der Waals surface area contributed by atoms with E-state index in [-0.39, 0.29) is 0 Å². The van der Waals surface area contributed by atoms with Gasteiger partial charge in [-0.1, -0.05) is 0 Å². The van der Waals surface area contributed by atoms with Crippen LogP contribution in [0.2, 0.25) is 0 Å². The monoisotopic (exact) mass is 214 g/mol. The summed E-state index contributed by atoms with van der Waals surface area (Å²) >= 11 is 0. The highest BCUT2D eigenvalue weighted by molar-refractivity contribution is 7.86. The first-order valence-corrected chi connectivity index (χ1v) is 3.84. The Balaban J connectivity index is 0. The van der Waals surface area contributed by atoms with Crippen molar-refractivity contribution in [1.29, 1.82) is 0 Å². The van der Waals surface area contributed by atoms with Gasteiger partial charge in [0.15, 0.2) is 0 Å². The molecule has 9 heteroatoms. The summed E-state index contributed by atoms with van der Waals surface area (Å²) in [6.45, 7) is 0. The standard InChI is InChI=1S/CHF3O3S.CH5OP/c2-1(3,4)8(5,6)7;1-2-3/h(H,5,6,7);3H2,1H3. The van der Waals surface area contributed by atoms with E-state index in [4.69, 9.17) is 13.0 Å². The molecule has 1 N–H and O–H groups in total. The lowest BCUT2D eigenvalue weighted by Crippen LogP contribution is -2.21. The molecule has 0 saturated carbocycles. The first-order chi connectivity index (χ1) is 4.66. The van der Waals surface area contributed by atoms with Gasteiger partial charge in [0.1, 0.15) is 0 Å². The average molecular weight is 214 g/mol. The van der Waals surface area contributed by atoms with Crippen molar-refractivity contribution in [2.24, 2.45) is 0 Å². The Labute approximate surface area is 63.8 Å². The Kier molecular flexibility index (Phi) is 6.04. The zero-order chi connectivity index (χ0) is 9.71. The van der Waals surface area contributed by atoms with Crippen LogP contribution in [-0.4, -0.2) is 25.6 Å². The molecule has 1 atom stereocenters. The molecule has 0 rings (SSSR count). The first kappa shape index (κ1) is 13.7. The first-order valence-electron chi connectivity index (χ1n) is 1.93. The highest BCUT2D eigenvalue weighted by Gasteiger charge is 2.44. The predicted octanol–water partition coefficient (Wildman–Crippen LogP) is 0.817. The SMILES string of the molecule is COP.O=S(=O)(O)C(F)(F)F. The molecule has 4 nitrogen and oxygen atoms in total. The molecule has 0 aliphatic carbocycles. The van der Waals surface area contributed by atoms with Gasteiger partial charge in [0.05, 0.1) is 0 Å². The predicted molar refractivity (Wildman–Crippen MR) is 34.3 cm³/mol. The Morgan fingerprint density at radius 2 is 1.55 bits per heavy atom. The van der Waals surface area contributed by atoms with Gasteiger partial charge in [0.2, 0.25) is 0 Å². The third kappa shape index (κ3) is 7.99. The van der Waals surface area contributed by atoms with Gasteiger partial charge >= 0.3 is 15.6 Å². The second kappa shape index (κ2) is 4.87. The maximum Gasteiger partial charge on any atom is 0.522 e. The minimum Gasteiger partial charge on any atom is -0.369 e. The number of alkyl halides is 3. The van der Waals surface area contributed by atoms with Crippen LogP contribution in [0, 0.1) is 0 Å². The van der Waals surface area contributed by atoms with Gasteiger partial charge < -0.3 is 4.52 Å². The fourth-order valence-electron chi connectivity index (χ4n) is 0. The van der Waals surface area contributed by atoms with Gasteiger partial charge in [-0.15, -0.1) is 0 Å². The van der Waals surface area contributed by atoms with Crippen molar-refractivity contribution >= 4 is 19.6 Å². The van der Waals surface area contributed by atoms with E-state index in [2.05, 4.69) is 14.0 Å². The second-order valence-corrected chi connectivity index (χ2v) is 3.04. The molecule has 0 aromatic heterocycles. The van der Waals surface area contributed by atoms with Crippen LogP contribution in [0.15, 0.2) is 0 Å². The van der Waals surface area contributed by atoms with Crippen molar-refractivity contribution in [1.82, 2.24) is 0 Å². The zero-order valence-electron chi connectivity index (χ0n) is 5.29. The molecule has 0 amide bonds. The van der Waals surface area contributed by atoms with E-state index in [0.717, 1.165) is 0 Å². The summed E-state index contributed by atoms with van der Waals surface area (Å²) in [6.07, 6.45) is 0. The van der Waals surface area contributed by atoms with E-state index < -0.39 is 15.6 Å². The summed E-state index contributed by atoms with van der Waals surface area (Å²) in [5.41, 5.74) is -5.53. The zero-order valence-corrected chi connectivity index (χ0v) is 7.26. The molecule has 70 valence electrons. The fourth-order valence-corrected chi connectivity index (χ4v) is 0. The van der Waals surface area contributed by atoms with Crippen LogP contribution in [0.25, 0.3) is 0 Å². The summed E-state index contributed by atoms with van der Waals surface area (Å²) in [5, 5.41) is 0. The van der Waals surface area contributed by atoms with Gasteiger partial charge in [-0.05, 0) is 9.47 Å². The van der Waals surface area contributed by atoms with Crippen molar-refractivity contribution in [2.45, 2.75) is 5.51 Å². The molecule has 0 aromatic rings. The average Bonchev–Trinajstić information content (AvgIpc) is 1.60. The van der Waals surface area contributed by atoms with Gasteiger partial charge in [-0.2, -0.15) is 21.6 Å². The topological polar surface area (TPSA) is 63.6 Å². The van der Waals surface area contributed by atoms with Gasteiger partial charge in [0, 0.05) is 7.11 Å². The molecule has 0 bridgehead atoms. The fraction of sp³-hybridized carbons (Fsp3) is 1.00. The van der Waals surface area contributed by atoms with Crippen LogP contribution in [0.5, 0.6) is 0 Å². The largest absolute Gasteiger partial charge is 0.522 e. The van der Waals surface area contributed by atoms with E-state index in [1.165, 1.54) is 0 Å². The second-order valence-electron chi connectivity index (χ2n) is 1.16. The van der Waals surface area contributed by atoms with Crippen LogP contribution in [0.4, 0.5) is 13.2 Å². The number of hydrogen-bond acceptors (Lipinski definition) is 3. The van der Waals surface area contributed by atoms with E-state index in [9.17, 15) is 13.2 Å². The van der Waals surface area contributed by atoms with Crippen molar-refractivity contribution in [2.75, 3.05) is 7.11 Å². The Morgan fingerprint density at radius 3 is 1.55 bits per heavy atom. The van der Waals surface area contributed by atoms with Crippen molar-refractivity contribution < 1.29 is 30.7 Å². The Bertz CT molecular complexity index is 184. The van der Waals surface area contributed by atoms with Crippen LogP contribution in [0.3, 0.4) is 0 Å². The third-order valence-corrected chi connectivity index (χ3v) is 0.877. The molecule has 0 radical (unpaired) electrons. The summed E-state index contributed by atoms with van der Waals surface area (Å²) in [6, 6.07) is 0. The summed E-state index contributed by atoms with van der Waals surface area (Å²) < 4.78 is 61.7. The summed E-state index contributed by atoms with van der Waals surface area (Å²) in [7, 11) is -2.17. The molecule has 0 saturated heterocycles. The van der Waals surface area contributed by atoms with Gasteiger partial charge in [-0.25, -0.2) is 0 Å². The van der Waals surface area contributed by atoms with E-state index >= 15 is 0 Å². The maximum atomic E-state index is 10.7. The minimum absolute atomic E-state index is 1.59. The van der Waals surface area contributed by atoms with E-state index in [0.29, 0.717) is 0 Å². The molecule has 1 unspecified atom stereocenters. The molecular weight excluding hydrogens is 208 g/mol. The number of halogens is 3. The minimum atomic E-state index is -5.84. The summed E-state index contributed by atoms with van der Waals surface area (Å²) in [5.74, 6) is 0. The lowest BCUT2D eigenvalue weighted by Gasteiger charge is -1.97. The highest BCUT2D eigenvalue weighted by atomic mass is 32.2. The molecule has 0 heterocycles. The molecule has 0 spiro atoms. The Hall–Kier alpha value is 0.0900. The molecule has 0 aromatic carbocycles. The van der Waals surface area contributed by atoms with E-state index in [1.807, 2.05) is 0 Å². The number of hydrogen-bond donors (Lipinski definition) is 1. The molecule has 0 fully saturated rings. The quantitative estimate of drug-likeness (QED) is 0.368. The van der Waals surface area contributed by atoms with Crippen LogP contribution in [-0.2, 0) is 14.6 Å². The Morgan fingerprint density at radius 1 is 1.45 bits per heavy atom. The molecular formula is C2H6F3O4PS. The van der Waals surface area contributed by atoms with Crippen molar-refractivity contribution in [3.05, 3.63) is 0 Å². The highest BCUT2D eigenvalue weighted by Crippen LogP contribution is 2.20. The smallest absolute Gasteiger partial charge is 0.369 e. The molecule has 11 heavy (non-hydrogen) atoms. The van der Waals surface area contributed by atoms with Crippen LogP contribution in [0.1, 0.15) is 0 Å². The van der Waals surface area contributed by atoms with Gasteiger partial charge in [0.25, 0.3) is 0 Å². The lowest BCUT2D eigenvalue weighted by molar-refractivity contribution is -0.0510. The lowest BCUT2D eigenvalue weighted by atomic mass is 11.6. The summed E-state index contributed by atoms with van der Waals surface area (Å²) in [4.78, 5) is 0. The van der Waals surface area contributed by atoms with Crippen molar-refractivity contribution in [3.8, 4) is 0 Å². The number of rotatable bonds is 0. The molecule has 0 aliphatic rings. The normalized spacial score (nSPS) is 11.8. The maximum absolute atomic E-state index is 10.7. The van der Waals surface area contributed by atoms with Crippen LogP contribution >= 0.6 is 9.47 Å². The van der Waals surface area contributed by atoms with Gasteiger partial charge in [-0.3, -0.25) is 4.55 Å². The molecule has 0 aliphatic heterocycles. The third-order valence-electron chi connectivity index (χ3n) is 0.292. The van der Waals surface area contributed by atoms with Crippen molar-refractivity contribution in [3.63, 3.8) is 0 Å². The van der Waals surface area contributed by atoms with Crippen LogP contribution < -0.4 is 0 Å².